The fourth-order valence-corrected chi connectivity index (χ4v) is 1.81. The largest absolute Gasteiger partial charge is 0.449 e. The van der Waals surface area contributed by atoms with E-state index in [4.69, 9.17) is 10.5 Å². The Morgan fingerprint density at radius 3 is 2.38 bits per heavy atom. The lowest BCUT2D eigenvalue weighted by molar-refractivity contribution is -0.129. The standard InChI is InChI=1S/C16H24N2O3/c1-9(2)8-18-15(19)12(5)21-16(20)13-7-14(17)11(4)6-10(13)3/h6-7,9,12H,8,17H2,1-5H3,(H,18,19). The van der Waals surface area contributed by atoms with Crippen molar-refractivity contribution in [3.63, 3.8) is 0 Å². The molecule has 0 aliphatic heterocycles. The highest BCUT2D eigenvalue weighted by molar-refractivity contribution is 5.94. The van der Waals surface area contributed by atoms with Gasteiger partial charge in [0, 0.05) is 12.2 Å². The summed E-state index contributed by atoms with van der Waals surface area (Å²) < 4.78 is 5.20. The van der Waals surface area contributed by atoms with Crippen molar-refractivity contribution in [1.82, 2.24) is 5.32 Å². The number of nitrogens with one attached hydrogen (secondary N) is 1. The van der Waals surface area contributed by atoms with E-state index >= 15 is 0 Å². The van der Waals surface area contributed by atoms with Crippen molar-refractivity contribution in [2.45, 2.75) is 40.7 Å². The molecule has 0 bridgehead atoms. The number of carbonyl (C=O) groups excluding carboxylic acids is 2. The lowest BCUT2D eigenvalue weighted by Crippen LogP contribution is -2.37. The highest BCUT2D eigenvalue weighted by Gasteiger charge is 2.20. The van der Waals surface area contributed by atoms with Crippen LogP contribution in [0.2, 0.25) is 0 Å². The van der Waals surface area contributed by atoms with Gasteiger partial charge in [-0.05, 0) is 43.9 Å². The van der Waals surface area contributed by atoms with Crippen LogP contribution in [-0.4, -0.2) is 24.5 Å². The molecule has 0 saturated heterocycles. The number of hydrogen-bond donors (Lipinski definition) is 2. The smallest absolute Gasteiger partial charge is 0.339 e. The number of rotatable bonds is 5. The predicted octanol–water partition coefficient (Wildman–Crippen LogP) is 2.20. The second-order valence-electron chi connectivity index (χ2n) is 5.71. The van der Waals surface area contributed by atoms with E-state index < -0.39 is 12.1 Å². The van der Waals surface area contributed by atoms with Gasteiger partial charge in [-0.3, -0.25) is 4.79 Å². The summed E-state index contributed by atoms with van der Waals surface area (Å²) in [5, 5.41) is 2.73. The molecule has 0 fully saturated rings. The summed E-state index contributed by atoms with van der Waals surface area (Å²) in [5.74, 6) is -0.489. The molecule has 0 radical (unpaired) electrons. The Morgan fingerprint density at radius 1 is 1.19 bits per heavy atom. The molecule has 1 unspecified atom stereocenters. The summed E-state index contributed by atoms with van der Waals surface area (Å²) in [5.41, 5.74) is 8.42. The van der Waals surface area contributed by atoms with E-state index in [1.165, 1.54) is 0 Å². The number of esters is 1. The van der Waals surface area contributed by atoms with E-state index in [-0.39, 0.29) is 5.91 Å². The number of nitrogen functional groups attached to an aromatic ring is 1. The second kappa shape index (κ2) is 7.11. The number of nitrogens with two attached hydrogens (primary N) is 1. The van der Waals surface area contributed by atoms with Gasteiger partial charge in [0.1, 0.15) is 0 Å². The Bertz CT molecular complexity index is 539. The van der Waals surface area contributed by atoms with Crippen molar-refractivity contribution < 1.29 is 14.3 Å². The summed E-state index contributed by atoms with van der Waals surface area (Å²) in [6, 6.07) is 3.42. The number of amides is 1. The molecule has 0 heterocycles. The van der Waals surface area contributed by atoms with E-state index in [1.54, 1.807) is 13.0 Å². The summed E-state index contributed by atoms with van der Waals surface area (Å²) in [6.07, 6.45) is -0.835. The van der Waals surface area contributed by atoms with E-state index in [0.29, 0.717) is 23.7 Å². The van der Waals surface area contributed by atoms with Crippen LogP contribution in [0.1, 0.15) is 42.3 Å². The highest BCUT2D eigenvalue weighted by atomic mass is 16.5. The molecule has 5 nitrogen and oxygen atoms in total. The van der Waals surface area contributed by atoms with Crippen LogP contribution in [-0.2, 0) is 9.53 Å². The van der Waals surface area contributed by atoms with Crippen LogP contribution in [0.3, 0.4) is 0 Å². The van der Waals surface area contributed by atoms with Gasteiger partial charge in [-0.25, -0.2) is 4.79 Å². The minimum absolute atomic E-state index is 0.296. The zero-order valence-corrected chi connectivity index (χ0v) is 13.3. The van der Waals surface area contributed by atoms with Crippen molar-refractivity contribution in [3.05, 3.63) is 28.8 Å². The fourth-order valence-electron chi connectivity index (χ4n) is 1.81. The molecule has 0 saturated carbocycles. The third-order valence-electron chi connectivity index (χ3n) is 3.17. The van der Waals surface area contributed by atoms with E-state index in [1.807, 2.05) is 33.8 Å². The van der Waals surface area contributed by atoms with Crippen LogP contribution in [0.5, 0.6) is 0 Å². The third-order valence-corrected chi connectivity index (χ3v) is 3.17. The topological polar surface area (TPSA) is 81.4 Å². The molecule has 1 atom stereocenters. The fraction of sp³-hybridized carbons (Fsp3) is 0.500. The van der Waals surface area contributed by atoms with Gasteiger partial charge in [0.15, 0.2) is 6.10 Å². The number of anilines is 1. The molecule has 1 aromatic carbocycles. The van der Waals surface area contributed by atoms with Crippen LogP contribution in [0.25, 0.3) is 0 Å². The number of hydrogen-bond acceptors (Lipinski definition) is 4. The molecule has 116 valence electrons. The van der Waals surface area contributed by atoms with Gasteiger partial charge < -0.3 is 15.8 Å². The van der Waals surface area contributed by atoms with Crippen molar-refractivity contribution in [3.8, 4) is 0 Å². The molecule has 1 amide bonds. The molecule has 0 spiro atoms. The highest BCUT2D eigenvalue weighted by Crippen LogP contribution is 2.19. The molecular formula is C16H24N2O3. The van der Waals surface area contributed by atoms with Gasteiger partial charge in [0.05, 0.1) is 5.56 Å². The molecule has 0 aliphatic rings. The molecular weight excluding hydrogens is 268 g/mol. The molecule has 1 aromatic rings. The molecule has 1 rings (SSSR count). The normalized spacial score (nSPS) is 12.1. The molecule has 0 aliphatic carbocycles. The zero-order valence-electron chi connectivity index (χ0n) is 13.3. The Hall–Kier alpha value is -2.04. The Morgan fingerprint density at radius 2 is 1.81 bits per heavy atom. The monoisotopic (exact) mass is 292 g/mol. The first kappa shape index (κ1) is 17.0. The van der Waals surface area contributed by atoms with Gasteiger partial charge in [0.25, 0.3) is 5.91 Å². The third kappa shape index (κ3) is 4.77. The van der Waals surface area contributed by atoms with E-state index in [0.717, 1.165) is 11.1 Å². The summed E-state index contributed by atoms with van der Waals surface area (Å²) in [7, 11) is 0. The van der Waals surface area contributed by atoms with E-state index in [2.05, 4.69) is 5.32 Å². The second-order valence-corrected chi connectivity index (χ2v) is 5.71. The average Bonchev–Trinajstić information content (AvgIpc) is 2.39. The predicted molar refractivity (Wildman–Crippen MR) is 83.1 cm³/mol. The number of ether oxygens (including phenoxy) is 1. The summed E-state index contributed by atoms with van der Waals surface area (Å²) >= 11 is 0. The lowest BCUT2D eigenvalue weighted by atomic mass is 10.0. The van der Waals surface area contributed by atoms with Crippen LogP contribution >= 0.6 is 0 Å². The summed E-state index contributed by atoms with van der Waals surface area (Å²) in [4.78, 5) is 23.9. The van der Waals surface area contributed by atoms with Crippen molar-refractivity contribution in [1.29, 1.82) is 0 Å². The van der Waals surface area contributed by atoms with Gasteiger partial charge in [-0.2, -0.15) is 0 Å². The summed E-state index contributed by atoms with van der Waals surface area (Å²) in [6.45, 7) is 9.79. The van der Waals surface area contributed by atoms with Crippen molar-refractivity contribution >= 4 is 17.6 Å². The molecule has 3 N–H and O–H groups in total. The van der Waals surface area contributed by atoms with Crippen LogP contribution in [0.4, 0.5) is 5.69 Å². The van der Waals surface area contributed by atoms with Gasteiger partial charge in [-0.15, -0.1) is 0 Å². The Kier molecular flexibility index (Phi) is 5.76. The van der Waals surface area contributed by atoms with Crippen molar-refractivity contribution in [2.75, 3.05) is 12.3 Å². The maximum atomic E-state index is 12.1. The first-order chi connectivity index (χ1) is 9.72. The van der Waals surface area contributed by atoms with Gasteiger partial charge >= 0.3 is 5.97 Å². The minimum atomic E-state index is -0.835. The zero-order chi connectivity index (χ0) is 16.2. The first-order valence-corrected chi connectivity index (χ1v) is 7.07. The minimum Gasteiger partial charge on any atom is -0.449 e. The number of carbonyl (C=O) groups is 2. The van der Waals surface area contributed by atoms with E-state index in [9.17, 15) is 9.59 Å². The van der Waals surface area contributed by atoms with Crippen LogP contribution in [0, 0.1) is 19.8 Å². The average molecular weight is 292 g/mol. The Balaban J connectivity index is 2.73. The first-order valence-electron chi connectivity index (χ1n) is 7.07. The van der Waals surface area contributed by atoms with Gasteiger partial charge in [0.2, 0.25) is 0 Å². The number of aryl methyl sites for hydroxylation is 2. The maximum absolute atomic E-state index is 12.1. The van der Waals surface area contributed by atoms with Crippen LogP contribution < -0.4 is 11.1 Å². The number of benzene rings is 1. The lowest BCUT2D eigenvalue weighted by Gasteiger charge is -2.16. The molecule has 5 heteroatoms. The quantitative estimate of drug-likeness (QED) is 0.644. The SMILES string of the molecule is Cc1cc(C)c(C(=O)OC(C)C(=O)NCC(C)C)cc1N. The van der Waals surface area contributed by atoms with Crippen molar-refractivity contribution in [2.24, 2.45) is 5.92 Å². The Labute approximate surface area is 125 Å². The van der Waals surface area contributed by atoms with Gasteiger partial charge in [-0.1, -0.05) is 19.9 Å². The molecule has 21 heavy (non-hydrogen) atoms. The maximum Gasteiger partial charge on any atom is 0.339 e. The molecule has 0 aromatic heterocycles. The van der Waals surface area contributed by atoms with Crippen LogP contribution in [0.15, 0.2) is 12.1 Å².